The molecule has 2 fully saturated rings. The average molecular weight is 431 g/mol. The number of halogens is 3. The summed E-state index contributed by atoms with van der Waals surface area (Å²) < 4.78 is 35.1. The summed E-state index contributed by atoms with van der Waals surface area (Å²) in [5.41, 5.74) is 0.896. The second kappa shape index (κ2) is 8.07. The molecule has 0 bridgehead atoms. The van der Waals surface area contributed by atoms with Crippen LogP contribution in [0.2, 0.25) is 0 Å². The molecule has 0 radical (unpaired) electrons. The Morgan fingerprint density at radius 1 is 1.38 bits per heavy atom. The lowest BCUT2D eigenvalue weighted by molar-refractivity contribution is -0.126. The van der Waals surface area contributed by atoms with Gasteiger partial charge in [-0.3, -0.25) is 4.68 Å². The molecule has 1 aromatic rings. The van der Waals surface area contributed by atoms with Gasteiger partial charge in [-0.15, -0.1) is 0 Å². The molecule has 1 saturated heterocycles. The van der Waals surface area contributed by atoms with E-state index in [-0.39, 0.29) is 12.6 Å². The Kier molecular flexibility index (Phi) is 6.70. The van der Waals surface area contributed by atoms with Crippen molar-refractivity contribution in [2.24, 2.45) is 0 Å². The predicted molar refractivity (Wildman–Crippen MR) is 88.6 cm³/mol. The van der Waals surface area contributed by atoms with Gasteiger partial charge in [0.15, 0.2) is 0 Å². The van der Waals surface area contributed by atoms with Gasteiger partial charge in [0.05, 0.1) is 18.3 Å². The fourth-order valence-electron chi connectivity index (χ4n) is 2.19. The van der Waals surface area contributed by atoms with Crippen molar-refractivity contribution in [3.8, 4) is 0 Å². The highest BCUT2D eigenvalue weighted by molar-refractivity contribution is 14.2. The Morgan fingerprint density at radius 2 is 2.10 bits per heavy atom. The highest BCUT2D eigenvalue weighted by atomic mass is 127. The van der Waals surface area contributed by atoms with Crippen molar-refractivity contribution in [1.29, 1.82) is 0 Å². The van der Waals surface area contributed by atoms with Crippen molar-refractivity contribution in [2.45, 2.75) is 51.4 Å². The van der Waals surface area contributed by atoms with Crippen molar-refractivity contribution in [3.63, 3.8) is 0 Å². The number of hydrogen-bond acceptors (Lipinski definition) is 4. The Morgan fingerprint density at radius 3 is 2.67 bits per heavy atom. The number of ether oxygens (including phenoxy) is 1. The lowest BCUT2D eigenvalue weighted by atomic mass is 10.1. The molecule has 2 aliphatic rings. The van der Waals surface area contributed by atoms with Crippen LogP contribution in [0.1, 0.15) is 44.4 Å². The summed E-state index contributed by atoms with van der Waals surface area (Å²) in [4.78, 5) is 0. The molecule has 0 N–H and O–H groups in total. The maximum atomic E-state index is 12.9. The molecule has 1 aliphatic carbocycles. The fourth-order valence-corrected chi connectivity index (χ4v) is 3.55. The first kappa shape index (κ1) is 17.4. The molecule has 3 rings (SSSR count). The molecular formula is C13H20F2IN3OS. The van der Waals surface area contributed by atoms with E-state index in [0.717, 1.165) is 18.4 Å². The second-order valence-electron chi connectivity index (χ2n) is 4.90. The molecular weight excluding hydrogens is 411 g/mol. The smallest absolute Gasteiger partial charge is 0.265 e. The highest BCUT2D eigenvalue weighted by Gasteiger charge is 2.35. The van der Waals surface area contributed by atoms with E-state index < -0.39 is 12.5 Å². The zero-order chi connectivity index (χ0) is 15.4. The molecule has 21 heavy (non-hydrogen) atoms. The first-order chi connectivity index (χ1) is 10.2. The van der Waals surface area contributed by atoms with E-state index >= 15 is 0 Å². The quantitative estimate of drug-likeness (QED) is 0.527. The van der Waals surface area contributed by atoms with E-state index in [1.54, 1.807) is 6.20 Å². The number of alkyl halides is 2. The Hall–Kier alpha value is 0.0700. The van der Waals surface area contributed by atoms with Crippen LogP contribution in [0.25, 0.3) is 0 Å². The summed E-state index contributed by atoms with van der Waals surface area (Å²) in [7, 11) is 1.45. The van der Waals surface area contributed by atoms with E-state index in [1.807, 2.05) is 29.0 Å². The molecule has 0 spiro atoms. The molecule has 1 aromatic heterocycles. The Balaban J connectivity index is 0.000000774. The van der Waals surface area contributed by atoms with Crippen LogP contribution < -0.4 is 0 Å². The SMILES string of the molecule is CC.FC(F)C1CN(SI)CC(c2cnn(C3CC3)c2)O1. The third-order valence-electron chi connectivity index (χ3n) is 3.38. The van der Waals surface area contributed by atoms with Crippen LogP contribution in [0, 0.1) is 0 Å². The van der Waals surface area contributed by atoms with Crippen molar-refractivity contribution >= 4 is 30.3 Å². The van der Waals surface area contributed by atoms with Crippen molar-refractivity contribution < 1.29 is 13.5 Å². The van der Waals surface area contributed by atoms with Gasteiger partial charge in [0, 0.05) is 46.1 Å². The topological polar surface area (TPSA) is 30.3 Å². The van der Waals surface area contributed by atoms with Gasteiger partial charge in [0.1, 0.15) is 6.10 Å². The van der Waals surface area contributed by atoms with Gasteiger partial charge in [-0.25, -0.2) is 13.1 Å². The minimum absolute atomic E-state index is 0.262. The first-order valence-corrected chi connectivity index (χ1v) is 10.5. The summed E-state index contributed by atoms with van der Waals surface area (Å²) in [6.45, 7) is 4.88. The zero-order valence-corrected chi connectivity index (χ0v) is 15.1. The van der Waals surface area contributed by atoms with Gasteiger partial charge in [0.2, 0.25) is 0 Å². The van der Waals surface area contributed by atoms with E-state index in [4.69, 9.17) is 4.74 Å². The Bertz CT molecular complexity index is 445. The van der Waals surface area contributed by atoms with Crippen LogP contribution >= 0.6 is 30.3 Å². The van der Waals surface area contributed by atoms with Crippen LogP contribution in [0.3, 0.4) is 0 Å². The van der Waals surface area contributed by atoms with Gasteiger partial charge in [0.25, 0.3) is 6.43 Å². The molecule has 1 aliphatic heterocycles. The van der Waals surface area contributed by atoms with Crippen LogP contribution in [0.5, 0.6) is 0 Å². The molecule has 2 unspecified atom stereocenters. The maximum absolute atomic E-state index is 12.9. The first-order valence-electron chi connectivity index (χ1n) is 7.18. The fraction of sp³-hybridized carbons (Fsp3) is 0.769. The number of hydrogen-bond donors (Lipinski definition) is 0. The number of morpholine rings is 1. The van der Waals surface area contributed by atoms with Gasteiger partial charge < -0.3 is 4.74 Å². The minimum atomic E-state index is -2.45. The van der Waals surface area contributed by atoms with Gasteiger partial charge in [-0.05, 0) is 22.0 Å². The molecule has 0 aromatic carbocycles. The zero-order valence-electron chi connectivity index (χ0n) is 12.1. The van der Waals surface area contributed by atoms with Crippen LogP contribution in [0.15, 0.2) is 12.4 Å². The van der Waals surface area contributed by atoms with Crippen LogP contribution in [-0.4, -0.2) is 39.7 Å². The molecule has 2 atom stereocenters. The van der Waals surface area contributed by atoms with Crippen molar-refractivity contribution in [2.75, 3.05) is 13.1 Å². The third-order valence-corrected chi connectivity index (χ3v) is 5.55. The Labute approximate surface area is 140 Å². The second-order valence-corrected chi connectivity index (χ2v) is 6.73. The van der Waals surface area contributed by atoms with Crippen LogP contribution in [-0.2, 0) is 4.74 Å². The standard InChI is InChI=1S/C11H14F2IN3OS.C2H6/c12-11(13)10-6-16(19-14)5-9(18-10)7-3-15-17(4-7)8-1-2-8;1-2/h3-4,8-11H,1-2,5-6H2;1-2H3. The summed E-state index contributed by atoms with van der Waals surface area (Å²) in [6.07, 6.45) is 2.20. The van der Waals surface area contributed by atoms with Crippen molar-refractivity contribution in [3.05, 3.63) is 18.0 Å². The lowest BCUT2D eigenvalue weighted by Crippen LogP contribution is -2.43. The van der Waals surface area contributed by atoms with E-state index in [9.17, 15) is 8.78 Å². The lowest BCUT2D eigenvalue weighted by Gasteiger charge is -2.35. The van der Waals surface area contributed by atoms with Crippen LogP contribution in [0.4, 0.5) is 8.78 Å². The highest BCUT2D eigenvalue weighted by Crippen LogP contribution is 2.36. The maximum Gasteiger partial charge on any atom is 0.265 e. The van der Waals surface area contributed by atoms with Crippen molar-refractivity contribution in [1.82, 2.24) is 14.1 Å². The molecule has 1 saturated carbocycles. The van der Waals surface area contributed by atoms with Gasteiger partial charge in [-0.2, -0.15) is 5.10 Å². The molecule has 4 nitrogen and oxygen atoms in total. The summed E-state index contributed by atoms with van der Waals surface area (Å²) in [6, 6.07) is 0.498. The number of rotatable bonds is 4. The third kappa shape index (κ3) is 4.52. The summed E-state index contributed by atoms with van der Waals surface area (Å²) in [5.74, 6) is 0. The predicted octanol–water partition coefficient (Wildman–Crippen LogP) is 4.25. The molecule has 120 valence electrons. The normalized spacial score (nSPS) is 26.6. The monoisotopic (exact) mass is 431 g/mol. The van der Waals surface area contributed by atoms with E-state index in [1.165, 1.54) is 9.12 Å². The summed E-state index contributed by atoms with van der Waals surface area (Å²) >= 11 is 2.12. The minimum Gasteiger partial charge on any atom is -0.361 e. The molecule has 0 amide bonds. The number of nitrogens with zero attached hydrogens (tertiary/aromatic N) is 3. The molecule has 2 heterocycles. The molecule has 8 heteroatoms. The van der Waals surface area contributed by atoms with Gasteiger partial charge in [-0.1, -0.05) is 13.8 Å². The average Bonchev–Trinajstić information content (AvgIpc) is 3.26. The largest absolute Gasteiger partial charge is 0.361 e. The van der Waals surface area contributed by atoms with Gasteiger partial charge >= 0.3 is 0 Å². The summed E-state index contributed by atoms with van der Waals surface area (Å²) in [5, 5.41) is 4.30. The van der Waals surface area contributed by atoms with E-state index in [0.29, 0.717) is 12.6 Å². The van der Waals surface area contributed by atoms with E-state index in [2.05, 4.69) is 26.3 Å². The number of aromatic nitrogens is 2.